The fraction of sp³-hybridized carbons (Fsp3) is 0.469. The van der Waals surface area contributed by atoms with Crippen LogP contribution in [0.25, 0.3) is 32.9 Å². The number of ether oxygens (including phenoxy) is 1. The smallest absolute Gasteiger partial charge is 0.401 e. The lowest BCUT2D eigenvalue weighted by atomic mass is 9.99. The number of pyridine rings is 1. The summed E-state index contributed by atoms with van der Waals surface area (Å²) < 4.78 is 77.0. The first kappa shape index (κ1) is 29.8. The molecule has 4 aromatic rings. The third-order valence-electron chi connectivity index (χ3n) is 9.20. The minimum Gasteiger partial charge on any atom is -0.508 e. The summed E-state index contributed by atoms with van der Waals surface area (Å²) in [7, 11) is 0. The highest BCUT2D eigenvalue weighted by atomic mass is 19.4. The van der Waals surface area contributed by atoms with Crippen LogP contribution in [0.15, 0.2) is 36.5 Å². The molecule has 7 rings (SSSR count). The lowest BCUT2D eigenvalue weighted by Gasteiger charge is -2.34. The highest BCUT2D eigenvalue weighted by Crippen LogP contribution is 2.47. The standard InChI is InChI=1S/C32H33F5N6O2/c1-2-42(16-32(35,36)37)15-31(8-9-31)17-45-30-40-28-23(29(41-30)43-13-19-6-7-20(14-43)39-19)12-38-27(26(28)34)22-11-21(44)10-18-4-3-5-24(33)25(18)22/h3-5,10-12,19-20,39,44H,2,6-9,13-17H2,1H3/t19-,20+. The van der Waals surface area contributed by atoms with Gasteiger partial charge in [0.25, 0.3) is 0 Å². The van der Waals surface area contributed by atoms with Crippen molar-refractivity contribution in [2.75, 3.05) is 44.2 Å². The molecule has 3 fully saturated rings. The van der Waals surface area contributed by atoms with E-state index in [4.69, 9.17) is 9.72 Å². The van der Waals surface area contributed by atoms with Gasteiger partial charge in [-0.25, -0.2) is 8.78 Å². The fourth-order valence-electron chi connectivity index (χ4n) is 6.79. The maximum atomic E-state index is 16.5. The molecule has 2 aromatic carbocycles. The van der Waals surface area contributed by atoms with Crippen LogP contribution in [0.2, 0.25) is 0 Å². The summed E-state index contributed by atoms with van der Waals surface area (Å²) in [4.78, 5) is 17.0. The molecule has 2 aromatic heterocycles. The molecule has 238 valence electrons. The predicted octanol–water partition coefficient (Wildman–Crippen LogP) is 5.81. The second kappa shape index (κ2) is 11.2. The number of aromatic nitrogens is 3. The third kappa shape index (κ3) is 5.95. The van der Waals surface area contributed by atoms with Crippen LogP contribution in [0.3, 0.4) is 0 Å². The summed E-state index contributed by atoms with van der Waals surface area (Å²) in [6.45, 7) is 2.51. The van der Waals surface area contributed by atoms with E-state index >= 15 is 8.78 Å². The van der Waals surface area contributed by atoms with Gasteiger partial charge in [0, 0.05) is 54.3 Å². The van der Waals surface area contributed by atoms with E-state index in [0.717, 1.165) is 12.8 Å². The van der Waals surface area contributed by atoms with Crippen molar-refractivity contribution >= 4 is 27.5 Å². The summed E-state index contributed by atoms with van der Waals surface area (Å²) in [5.41, 5.74) is -0.662. The monoisotopic (exact) mass is 628 g/mol. The zero-order valence-corrected chi connectivity index (χ0v) is 24.7. The summed E-state index contributed by atoms with van der Waals surface area (Å²) in [6, 6.07) is 7.46. The minimum atomic E-state index is -4.31. The maximum absolute atomic E-state index is 16.5. The minimum absolute atomic E-state index is 0.0733. The van der Waals surface area contributed by atoms with Gasteiger partial charge in [-0.15, -0.1) is 0 Å². The first-order valence-electron chi connectivity index (χ1n) is 15.2. The number of anilines is 1. The number of piperazine rings is 1. The summed E-state index contributed by atoms with van der Waals surface area (Å²) in [5.74, 6) is -1.13. The average molecular weight is 629 g/mol. The quantitative estimate of drug-likeness (QED) is 0.225. The first-order valence-corrected chi connectivity index (χ1v) is 15.2. The van der Waals surface area contributed by atoms with Crippen LogP contribution >= 0.6 is 0 Å². The van der Waals surface area contributed by atoms with Crippen molar-refractivity contribution < 1.29 is 31.8 Å². The highest BCUT2D eigenvalue weighted by Gasteiger charge is 2.46. The molecule has 4 heterocycles. The van der Waals surface area contributed by atoms with Crippen molar-refractivity contribution in [1.82, 2.24) is 25.2 Å². The van der Waals surface area contributed by atoms with Gasteiger partial charge in [-0.1, -0.05) is 19.1 Å². The van der Waals surface area contributed by atoms with Gasteiger partial charge < -0.3 is 20.1 Å². The molecule has 0 unspecified atom stereocenters. The van der Waals surface area contributed by atoms with Gasteiger partial charge in [-0.05, 0) is 55.8 Å². The van der Waals surface area contributed by atoms with E-state index in [0.29, 0.717) is 42.5 Å². The number of rotatable bonds is 9. The number of benzene rings is 2. The topological polar surface area (TPSA) is 86.6 Å². The molecule has 2 atom stereocenters. The SMILES string of the molecule is CCN(CC(F)(F)F)CC1(COc2nc(N3C[C@H]4CC[C@@H](C3)N4)c3cnc(-c4cc(O)cc5cccc(F)c45)c(F)c3n2)CC1. The van der Waals surface area contributed by atoms with E-state index in [-0.39, 0.29) is 65.7 Å². The molecule has 0 amide bonds. The Morgan fingerprint density at radius 2 is 1.87 bits per heavy atom. The molecule has 2 saturated heterocycles. The lowest BCUT2D eigenvalue weighted by Crippen LogP contribution is -2.51. The summed E-state index contributed by atoms with van der Waals surface area (Å²) >= 11 is 0. The van der Waals surface area contributed by atoms with Gasteiger partial charge in [0.05, 0.1) is 18.5 Å². The molecule has 3 aliphatic rings. The van der Waals surface area contributed by atoms with Crippen LogP contribution in [0.5, 0.6) is 11.8 Å². The molecule has 2 bridgehead atoms. The van der Waals surface area contributed by atoms with E-state index in [1.165, 1.54) is 35.4 Å². The van der Waals surface area contributed by atoms with Gasteiger partial charge in [0.1, 0.15) is 28.6 Å². The molecule has 1 aliphatic carbocycles. The van der Waals surface area contributed by atoms with Crippen LogP contribution in [0.1, 0.15) is 32.6 Å². The zero-order valence-electron chi connectivity index (χ0n) is 24.7. The summed E-state index contributed by atoms with van der Waals surface area (Å²) in [6.07, 6.45) is 0.567. The summed E-state index contributed by atoms with van der Waals surface area (Å²) in [5, 5.41) is 14.8. The van der Waals surface area contributed by atoms with Crippen molar-refractivity contribution in [3.05, 3.63) is 48.2 Å². The Kier molecular flexibility index (Phi) is 7.43. The largest absolute Gasteiger partial charge is 0.508 e. The Balaban J connectivity index is 1.28. The Labute approximate surface area is 256 Å². The Bertz CT molecular complexity index is 1750. The van der Waals surface area contributed by atoms with Crippen molar-refractivity contribution in [2.24, 2.45) is 5.41 Å². The molecule has 1 saturated carbocycles. The fourth-order valence-corrected chi connectivity index (χ4v) is 6.79. The van der Waals surface area contributed by atoms with Crippen molar-refractivity contribution in [1.29, 1.82) is 0 Å². The number of hydrogen-bond donors (Lipinski definition) is 2. The van der Waals surface area contributed by atoms with Crippen LogP contribution in [0.4, 0.5) is 27.8 Å². The number of alkyl halides is 3. The third-order valence-corrected chi connectivity index (χ3v) is 9.20. The molecule has 13 heteroatoms. The normalized spacial score (nSPS) is 20.8. The molecular weight excluding hydrogens is 595 g/mol. The number of phenolic OH excluding ortho intramolecular Hbond substituents is 1. The van der Waals surface area contributed by atoms with Gasteiger partial charge >= 0.3 is 12.2 Å². The second-order valence-electron chi connectivity index (χ2n) is 12.6. The van der Waals surface area contributed by atoms with E-state index < -0.39 is 29.8 Å². The molecule has 2 N–H and O–H groups in total. The van der Waals surface area contributed by atoms with Gasteiger partial charge in [-0.2, -0.15) is 23.1 Å². The molecular formula is C32H33F5N6O2. The van der Waals surface area contributed by atoms with Crippen LogP contribution < -0.4 is 15.0 Å². The first-order chi connectivity index (χ1) is 21.5. The molecule has 8 nitrogen and oxygen atoms in total. The van der Waals surface area contributed by atoms with Crippen LogP contribution in [0, 0.1) is 17.0 Å². The van der Waals surface area contributed by atoms with Crippen LogP contribution in [-0.2, 0) is 0 Å². The lowest BCUT2D eigenvalue weighted by molar-refractivity contribution is -0.147. The van der Waals surface area contributed by atoms with E-state index in [2.05, 4.69) is 20.2 Å². The van der Waals surface area contributed by atoms with E-state index in [1.54, 1.807) is 13.0 Å². The van der Waals surface area contributed by atoms with Gasteiger partial charge in [0.15, 0.2) is 5.82 Å². The molecule has 0 spiro atoms. The Morgan fingerprint density at radius 3 is 2.56 bits per heavy atom. The number of hydrogen-bond acceptors (Lipinski definition) is 8. The zero-order chi connectivity index (χ0) is 31.5. The molecule has 0 radical (unpaired) electrons. The Hall–Kier alpha value is -3.84. The number of fused-ring (bicyclic) bond motifs is 4. The Morgan fingerprint density at radius 1 is 1.11 bits per heavy atom. The number of halogens is 5. The predicted molar refractivity (Wildman–Crippen MR) is 159 cm³/mol. The van der Waals surface area contributed by atoms with Crippen molar-refractivity contribution in [3.8, 4) is 23.0 Å². The average Bonchev–Trinajstić information content (AvgIpc) is 3.68. The number of aromatic hydroxyl groups is 1. The maximum Gasteiger partial charge on any atom is 0.401 e. The highest BCUT2D eigenvalue weighted by molar-refractivity contribution is 6.00. The number of phenols is 1. The number of nitrogens with zero attached hydrogens (tertiary/aromatic N) is 5. The molecule has 2 aliphatic heterocycles. The van der Waals surface area contributed by atoms with Crippen molar-refractivity contribution in [2.45, 2.75) is 50.9 Å². The van der Waals surface area contributed by atoms with Gasteiger partial charge in [0.2, 0.25) is 0 Å². The van der Waals surface area contributed by atoms with Crippen LogP contribution in [-0.4, -0.2) is 82.5 Å². The number of nitrogens with one attached hydrogen (secondary N) is 1. The van der Waals surface area contributed by atoms with Gasteiger partial charge in [-0.3, -0.25) is 9.88 Å². The second-order valence-corrected chi connectivity index (χ2v) is 12.6. The molecule has 45 heavy (non-hydrogen) atoms. The van der Waals surface area contributed by atoms with E-state index in [1.807, 2.05) is 0 Å². The van der Waals surface area contributed by atoms with E-state index in [9.17, 15) is 18.3 Å². The van der Waals surface area contributed by atoms with Crippen molar-refractivity contribution in [3.63, 3.8) is 0 Å².